The van der Waals surface area contributed by atoms with Gasteiger partial charge in [0.2, 0.25) is 0 Å². The Morgan fingerprint density at radius 2 is 2.44 bits per heavy atom. The Labute approximate surface area is 51.7 Å². The minimum Gasteiger partial charge on any atom is -0.348 e. The molecule has 1 aliphatic carbocycles. The van der Waals surface area contributed by atoms with Gasteiger partial charge in [0, 0.05) is 16.1 Å². The van der Waals surface area contributed by atoms with Crippen LogP contribution >= 0.6 is 0 Å². The quantitative estimate of drug-likeness (QED) is 0.319. The zero-order valence-electron chi connectivity index (χ0n) is 4.74. The van der Waals surface area contributed by atoms with Crippen molar-refractivity contribution in [2.75, 3.05) is 0 Å². The van der Waals surface area contributed by atoms with E-state index in [0.717, 1.165) is 12.8 Å². The predicted molar refractivity (Wildman–Crippen MR) is 30.7 cm³/mol. The first-order chi connectivity index (χ1) is 4.33. The standard InChI is InChI=1S/C4H6N4O/c5-8-7-4(9)6-3-1-2-3/h3H,1-2H2,(H,6,9). The van der Waals surface area contributed by atoms with E-state index in [4.69, 9.17) is 5.53 Å². The van der Waals surface area contributed by atoms with Gasteiger partial charge in [-0.3, -0.25) is 4.79 Å². The molecular weight excluding hydrogens is 120 g/mol. The number of hydrogen-bond acceptors (Lipinski definition) is 1. The molecule has 0 saturated heterocycles. The molecule has 1 N–H and O–H groups in total. The molecule has 9 heavy (non-hydrogen) atoms. The maximum absolute atomic E-state index is 10.4. The molecule has 0 heterocycles. The summed E-state index contributed by atoms with van der Waals surface area (Å²) in [4.78, 5) is 12.7. The van der Waals surface area contributed by atoms with Crippen LogP contribution in [0.5, 0.6) is 0 Å². The normalized spacial score (nSPS) is 16.0. The van der Waals surface area contributed by atoms with E-state index >= 15 is 0 Å². The third-order valence-electron chi connectivity index (χ3n) is 1.04. The van der Waals surface area contributed by atoms with Crippen molar-refractivity contribution in [1.82, 2.24) is 5.32 Å². The second-order valence-electron chi connectivity index (χ2n) is 1.91. The Morgan fingerprint density at radius 3 is 2.89 bits per heavy atom. The van der Waals surface area contributed by atoms with Crippen molar-refractivity contribution in [3.8, 4) is 0 Å². The minimum atomic E-state index is -0.569. The van der Waals surface area contributed by atoms with Gasteiger partial charge in [-0.1, -0.05) is 0 Å². The summed E-state index contributed by atoms with van der Waals surface area (Å²) >= 11 is 0. The van der Waals surface area contributed by atoms with Crippen molar-refractivity contribution in [1.29, 1.82) is 0 Å². The maximum Gasteiger partial charge on any atom is 0.308 e. The van der Waals surface area contributed by atoms with Crippen molar-refractivity contribution < 1.29 is 4.79 Å². The third kappa shape index (κ3) is 2.01. The number of urea groups is 1. The fourth-order valence-corrected chi connectivity index (χ4v) is 0.472. The van der Waals surface area contributed by atoms with Crippen LogP contribution in [0.2, 0.25) is 0 Å². The topological polar surface area (TPSA) is 77.9 Å². The minimum absolute atomic E-state index is 0.267. The molecule has 0 atom stereocenters. The van der Waals surface area contributed by atoms with E-state index in [0.29, 0.717) is 0 Å². The second kappa shape index (κ2) is 2.37. The van der Waals surface area contributed by atoms with E-state index in [9.17, 15) is 4.79 Å². The number of nitrogens with one attached hydrogen (secondary N) is 1. The second-order valence-corrected chi connectivity index (χ2v) is 1.91. The Morgan fingerprint density at radius 1 is 1.78 bits per heavy atom. The van der Waals surface area contributed by atoms with E-state index in [1.807, 2.05) is 0 Å². The lowest BCUT2D eigenvalue weighted by atomic mass is 10.7. The van der Waals surface area contributed by atoms with Gasteiger partial charge in [-0.25, -0.2) is 0 Å². The molecule has 1 saturated carbocycles. The summed E-state index contributed by atoms with van der Waals surface area (Å²) in [6, 6.07) is -0.303. The molecule has 2 amide bonds. The summed E-state index contributed by atoms with van der Waals surface area (Å²) in [6.45, 7) is 0. The maximum atomic E-state index is 10.4. The van der Waals surface area contributed by atoms with Crippen LogP contribution in [-0.2, 0) is 0 Å². The van der Waals surface area contributed by atoms with Gasteiger partial charge >= 0.3 is 6.03 Å². The molecule has 1 rings (SSSR count). The van der Waals surface area contributed by atoms with Gasteiger partial charge in [0.05, 0.1) is 0 Å². The summed E-state index contributed by atoms with van der Waals surface area (Å²) in [5.41, 5.74) is 7.77. The summed E-state index contributed by atoms with van der Waals surface area (Å²) in [6.07, 6.45) is 2.01. The van der Waals surface area contributed by atoms with Crippen LogP contribution in [0.4, 0.5) is 4.79 Å². The zero-order chi connectivity index (χ0) is 6.69. The average molecular weight is 126 g/mol. The predicted octanol–water partition coefficient (Wildman–Crippen LogP) is 1.17. The van der Waals surface area contributed by atoms with Crippen molar-refractivity contribution in [2.45, 2.75) is 18.9 Å². The van der Waals surface area contributed by atoms with Gasteiger partial charge < -0.3 is 5.32 Å². The number of amides is 2. The van der Waals surface area contributed by atoms with Crippen molar-refractivity contribution >= 4 is 6.03 Å². The van der Waals surface area contributed by atoms with E-state index in [1.54, 1.807) is 0 Å². The number of nitrogens with zero attached hydrogens (tertiary/aromatic N) is 3. The molecule has 0 bridgehead atoms. The summed E-state index contributed by atoms with van der Waals surface area (Å²) in [5.74, 6) is 0. The monoisotopic (exact) mass is 126 g/mol. The molecule has 0 spiro atoms. The number of carbonyl (C=O) groups is 1. The highest BCUT2D eigenvalue weighted by atomic mass is 16.2. The molecule has 48 valence electrons. The molecule has 5 heteroatoms. The Hall–Kier alpha value is -1.22. The number of azide groups is 1. The largest absolute Gasteiger partial charge is 0.348 e. The fraction of sp³-hybridized carbons (Fsp3) is 0.750. The number of rotatable bonds is 1. The smallest absolute Gasteiger partial charge is 0.308 e. The van der Waals surface area contributed by atoms with Gasteiger partial charge in [-0.05, 0) is 18.4 Å². The molecule has 1 aliphatic rings. The third-order valence-corrected chi connectivity index (χ3v) is 1.04. The molecule has 0 aromatic carbocycles. The summed E-state index contributed by atoms with van der Waals surface area (Å²) in [5, 5.41) is 5.33. The Bertz CT molecular complexity index is 167. The molecule has 0 radical (unpaired) electrons. The van der Waals surface area contributed by atoms with Crippen LogP contribution < -0.4 is 5.32 Å². The van der Waals surface area contributed by atoms with Crippen molar-refractivity contribution in [3.05, 3.63) is 10.4 Å². The number of hydrogen-bond donors (Lipinski definition) is 1. The number of carbonyl (C=O) groups excluding carboxylic acids is 1. The van der Waals surface area contributed by atoms with E-state index in [2.05, 4.69) is 15.3 Å². The highest BCUT2D eigenvalue weighted by Gasteiger charge is 2.22. The van der Waals surface area contributed by atoms with Gasteiger partial charge in [-0.15, -0.1) is 0 Å². The highest BCUT2D eigenvalue weighted by molar-refractivity contribution is 5.75. The van der Waals surface area contributed by atoms with Crippen LogP contribution in [0.3, 0.4) is 0 Å². The van der Waals surface area contributed by atoms with Crippen LogP contribution in [0.15, 0.2) is 5.11 Å². The molecule has 0 aromatic rings. The average Bonchev–Trinajstić information content (AvgIpc) is 2.50. The van der Waals surface area contributed by atoms with Gasteiger partial charge in [0.25, 0.3) is 0 Å². The van der Waals surface area contributed by atoms with Gasteiger partial charge in [-0.2, -0.15) is 0 Å². The van der Waals surface area contributed by atoms with E-state index < -0.39 is 6.03 Å². The Balaban J connectivity index is 2.24. The van der Waals surface area contributed by atoms with E-state index in [-0.39, 0.29) is 6.04 Å². The van der Waals surface area contributed by atoms with E-state index in [1.165, 1.54) is 0 Å². The van der Waals surface area contributed by atoms with Crippen LogP contribution in [0.1, 0.15) is 12.8 Å². The van der Waals surface area contributed by atoms with Crippen molar-refractivity contribution in [3.63, 3.8) is 0 Å². The van der Waals surface area contributed by atoms with Crippen LogP contribution in [0, 0.1) is 0 Å². The summed E-state index contributed by atoms with van der Waals surface area (Å²) in [7, 11) is 0. The lowest BCUT2D eigenvalue weighted by Gasteiger charge is -1.91. The van der Waals surface area contributed by atoms with Gasteiger partial charge in [0.1, 0.15) is 0 Å². The lowest BCUT2D eigenvalue weighted by Crippen LogP contribution is -2.20. The zero-order valence-corrected chi connectivity index (χ0v) is 4.74. The lowest BCUT2D eigenvalue weighted by molar-refractivity contribution is 0.248. The first kappa shape index (κ1) is 5.91. The Kier molecular flexibility index (Phi) is 1.55. The summed E-state index contributed by atoms with van der Waals surface area (Å²) < 4.78 is 0. The molecule has 5 nitrogen and oxygen atoms in total. The van der Waals surface area contributed by atoms with Crippen LogP contribution in [0.25, 0.3) is 10.4 Å². The molecule has 0 unspecified atom stereocenters. The fourth-order valence-electron chi connectivity index (χ4n) is 0.472. The van der Waals surface area contributed by atoms with Gasteiger partial charge in [0.15, 0.2) is 0 Å². The molecule has 0 aliphatic heterocycles. The highest BCUT2D eigenvalue weighted by Crippen LogP contribution is 2.18. The molecular formula is C4H6N4O. The van der Waals surface area contributed by atoms with Crippen molar-refractivity contribution in [2.24, 2.45) is 5.11 Å². The first-order valence-corrected chi connectivity index (χ1v) is 2.68. The molecule has 0 aromatic heterocycles. The first-order valence-electron chi connectivity index (χ1n) is 2.68. The molecule has 1 fully saturated rings. The SMILES string of the molecule is [N-]=[N+]=NC(=O)NC1CC1. The van der Waals surface area contributed by atoms with Crippen LogP contribution in [-0.4, -0.2) is 12.1 Å².